The van der Waals surface area contributed by atoms with E-state index in [0.29, 0.717) is 13.2 Å². The van der Waals surface area contributed by atoms with E-state index in [9.17, 15) is 9.36 Å². The molecular formula is C10H20O4P+. The molecule has 0 saturated heterocycles. The molecule has 0 heterocycles. The Hall–Kier alpha value is -0.470. The number of carbonyl (C=O) groups excluding carboxylic acids is 1. The zero-order chi connectivity index (χ0) is 11.7. The first-order chi connectivity index (χ1) is 7.11. The molecule has 15 heavy (non-hydrogen) atoms. The Labute approximate surface area is 92.1 Å². The predicted molar refractivity (Wildman–Crippen MR) is 59.4 cm³/mol. The number of hydrogen-bond acceptors (Lipinski definition) is 4. The minimum absolute atomic E-state index is 0.0415. The van der Waals surface area contributed by atoms with Gasteiger partial charge in [-0.2, -0.15) is 0 Å². The van der Waals surface area contributed by atoms with Gasteiger partial charge in [0.15, 0.2) is 0 Å². The number of hydrogen-bond donors (Lipinski definition) is 0. The van der Waals surface area contributed by atoms with Crippen molar-refractivity contribution in [3.8, 4) is 0 Å². The van der Waals surface area contributed by atoms with E-state index in [0.717, 1.165) is 12.8 Å². The summed E-state index contributed by atoms with van der Waals surface area (Å²) in [5, 5.41) is 0. The Kier molecular flexibility index (Phi) is 8.53. The predicted octanol–water partition coefficient (Wildman–Crippen LogP) is 2.54. The van der Waals surface area contributed by atoms with Crippen LogP contribution in [0.1, 0.15) is 33.6 Å². The van der Waals surface area contributed by atoms with E-state index in [4.69, 9.17) is 9.47 Å². The lowest BCUT2D eigenvalue weighted by Crippen LogP contribution is -2.12. The molecule has 0 aliphatic rings. The summed E-state index contributed by atoms with van der Waals surface area (Å²) in [7, 11) is -1.66. The van der Waals surface area contributed by atoms with Crippen LogP contribution in [0.15, 0.2) is 0 Å². The highest BCUT2D eigenvalue weighted by Gasteiger charge is 2.30. The van der Waals surface area contributed by atoms with Crippen LogP contribution in [0.2, 0.25) is 0 Å². The Morgan fingerprint density at radius 2 is 1.87 bits per heavy atom. The summed E-state index contributed by atoms with van der Waals surface area (Å²) in [5.74, 6) is -0.765. The van der Waals surface area contributed by atoms with Crippen LogP contribution in [0.5, 0.6) is 0 Å². The zero-order valence-corrected chi connectivity index (χ0v) is 10.6. The van der Waals surface area contributed by atoms with Crippen molar-refractivity contribution >= 4 is 13.8 Å². The van der Waals surface area contributed by atoms with Gasteiger partial charge < -0.3 is 9.47 Å². The first-order valence-electron chi connectivity index (χ1n) is 5.32. The first kappa shape index (κ1) is 14.5. The maximum atomic E-state index is 11.5. The Morgan fingerprint density at radius 3 is 2.40 bits per heavy atom. The molecule has 0 radical (unpaired) electrons. The van der Waals surface area contributed by atoms with Crippen molar-refractivity contribution in [2.75, 3.05) is 19.4 Å². The molecule has 4 nitrogen and oxygen atoms in total. The smallest absolute Gasteiger partial charge is 0.381 e. The summed E-state index contributed by atoms with van der Waals surface area (Å²) in [6, 6.07) is 0. The summed E-state index contributed by atoms with van der Waals surface area (Å²) in [4.78, 5) is 11.1. The third-order valence-corrected chi connectivity index (χ3v) is 3.25. The van der Waals surface area contributed by atoms with E-state index in [1.807, 2.05) is 13.8 Å². The van der Waals surface area contributed by atoms with Gasteiger partial charge in [0, 0.05) is 6.92 Å². The molecule has 88 valence electrons. The fourth-order valence-corrected chi connectivity index (χ4v) is 1.76. The molecule has 0 N–H and O–H groups in total. The van der Waals surface area contributed by atoms with Crippen molar-refractivity contribution in [1.82, 2.24) is 0 Å². The van der Waals surface area contributed by atoms with Crippen LogP contribution >= 0.6 is 7.80 Å². The maximum absolute atomic E-state index is 11.5. The molecule has 2 atom stereocenters. The van der Waals surface area contributed by atoms with Gasteiger partial charge in [-0.1, -0.05) is 18.4 Å². The molecule has 0 fully saturated rings. The van der Waals surface area contributed by atoms with Gasteiger partial charge in [0.05, 0.1) is 13.2 Å². The Morgan fingerprint density at radius 1 is 1.27 bits per heavy atom. The quantitative estimate of drug-likeness (QED) is 0.479. The molecule has 0 aliphatic carbocycles. The van der Waals surface area contributed by atoms with E-state index in [1.165, 1.54) is 0 Å². The number of esters is 1. The first-order valence-corrected chi connectivity index (χ1v) is 6.84. The summed E-state index contributed by atoms with van der Waals surface area (Å²) in [6.07, 6.45) is 1.62. The zero-order valence-electron chi connectivity index (χ0n) is 9.69. The summed E-state index contributed by atoms with van der Waals surface area (Å²) in [5.41, 5.74) is 0. The van der Waals surface area contributed by atoms with Gasteiger partial charge in [-0.05, 0) is 12.8 Å². The minimum atomic E-state index is -1.66. The third kappa shape index (κ3) is 7.46. The average Bonchev–Trinajstić information content (AvgIpc) is 2.22. The van der Waals surface area contributed by atoms with E-state index < -0.39 is 13.8 Å². The molecule has 0 aliphatic heterocycles. The number of rotatable bonds is 8. The number of ether oxygens (including phenoxy) is 2. The topological polar surface area (TPSA) is 52.6 Å². The van der Waals surface area contributed by atoms with Crippen LogP contribution in [-0.2, 0) is 18.8 Å². The van der Waals surface area contributed by atoms with E-state index in [1.54, 1.807) is 6.92 Å². The lowest BCUT2D eigenvalue weighted by Gasteiger charge is -2.02. The van der Waals surface area contributed by atoms with Gasteiger partial charge in [-0.3, -0.25) is 0 Å². The van der Waals surface area contributed by atoms with E-state index in [-0.39, 0.29) is 12.0 Å². The molecule has 0 aromatic heterocycles. The van der Waals surface area contributed by atoms with Crippen LogP contribution in [0.4, 0.5) is 0 Å². The van der Waals surface area contributed by atoms with Gasteiger partial charge in [-0.15, -0.1) is 0 Å². The van der Waals surface area contributed by atoms with Crippen molar-refractivity contribution in [3.05, 3.63) is 0 Å². The van der Waals surface area contributed by atoms with E-state index >= 15 is 0 Å². The lowest BCUT2D eigenvalue weighted by molar-refractivity contribution is -0.140. The highest BCUT2D eigenvalue weighted by molar-refractivity contribution is 7.46. The second-order valence-electron chi connectivity index (χ2n) is 3.27. The summed E-state index contributed by atoms with van der Waals surface area (Å²) < 4.78 is 21.6. The molecule has 0 aromatic rings. The minimum Gasteiger partial charge on any atom is -0.463 e. The maximum Gasteiger partial charge on any atom is 0.381 e. The van der Waals surface area contributed by atoms with Crippen LogP contribution < -0.4 is 0 Å². The highest BCUT2D eigenvalue weighted by Crippen LogP contribution is 2.28. The van der Waals surface area contributed by atoms with Crippen molar-refractivity contribution in [1.29, 1.82) is 0 Å². The molecule has 0 aromatic carbocycles. The lowest BCUT2D eigenvalue weighted by atomic mass is 10.5. The van der Waals surface area contributed by atoms with Crippen LogP contribution in [0, 0.1) is 0 Å². The van der Waals surface area contributed by atoms with Gasteiger partial charge in [0.1, 0.15) is 0 Å². The van der Waals surface area contributed by atoms with E-state index in [2.05, 4.69) is 0 Å². The summed E-state index contributed by atoms with van der Waals surface area (Å²) >= 11 is 0. The van der Waals surface area contributed by atoms with Gasteiger partial charge in [-0.25, -0.2) is 4.79 Å². The largest absolute Gasteiger partial charge is 0.463 e. The molecule has 0 spiro atoms. The fraction of sp³-hybridized carbons (Fsp3) is 0.900. The molecule has 0 rings (SSSR count). The molecule has 2 unspecified atom stereocenters. The molecule has 0 amide bonds. The molecule has 0 saturated carbocycles. The van der Waals surface area contributed by atoms with Crippen LogP contribution in [0.25, 0.3) is 0 Å². The normalized spacial score (nSPS) is 13.4. The SMILES string of the molecule is CCCOC(=O)C[P+](=O)C(C)OCCC. The second kappa shape index (κ2) is 8.81. The van der Waals surface area contributed by atoms with Crippen molar-refractivity contribution in [2.24, 2.45) is 0 Å². The average molecular weight is 235 g/mol. The van der Waals surface area contributed by atoms with Crippen molar-refractivity contribution in [2.45, 2.75) is 39.5 Å². The third-order valence-electron chi connectivity index (χ3n) is 1.72. The standard InChI is InChI=1S/C10H20O4P/c1-4-6-13-9(3)15(12)8-10(11)14-7-5-2/h9H,4-8H2,1-3H3/q+1. The molecule has 5 heteroatoms. The Balaban J connectivity index is 3.75. The van der Waals surface area contributed by atoms with Gasteiger partial charge in [0.25, 0.3) is 5.85 Å². The Bertz CT molecular complexity index is 206. The monoisotopic (exact) mass is 235 g/mol. The van der Waals surface area contributed by atoms with Gasteiger partial charge in [0.2, 0.25) is 6.16 Å². The highest BCUT2D eigenvalue weighted by atomic mass is 31.1. The van der Waals surface area contributed by atoms with Gasteiger partial charge >= 0.3 is 13.8 Å². The summed E-state index contributed by atoms with van der Waals surface area (Å²) in [6.45, 7) is 6.59. The van der Waals surface area contributed by atoms with Crippen LogP contribution in [0.3, 0.4) is 0 Å². The molecule has 0 bridgehead atoms. The second-order valence-corrected chi connectivity index (χ2v) is 5.14. The fourth-order valence-electron chi connectivity index (χ4n) is 0.889. The van der Waals surface area contributed by atoms with Crippen LogP contribution in [-0.4, -0.2) is 31.2 Å². The van der Waals surface area contributed by atoms with Crippen molar-refractivity contribution in [3.63, 3.8) is 0 Å². The number of carbonyl (C=O) groups is 1. The van der Waals surface area contributed by atoms with Crippen molar-refractivity contribution < 1.29 is 18.8 Å². The molecular weight excluding hydrogens is 215 g/mol.